The van der Waals surface area contributed by atoms with Crippen LogP contribution in [0.5, 0.6) is 0 Å². The van der Waals surface area contributed by atoms with Gasteiger partial charge in [0.1, 0.15) is 6.54 Å². The molecule has 0 aromatic heterocycles. The molecule has 1 amide bonds. The maximum Gasteiger partial charge on any atom is 0.323 e. The zero-order chi connectivity index (χ0) is 17.9. The molecule has 1 aliphatic heterocycles. The summed E-state index contributed by atoms with van der Waals surface area (Å²) in [4.78, 5) is 25.3. The Morgan fingerprint density at radius 2 is 1.92 bits per heavy atom. The molecule has 1 saturated heterocycles. The molecule has 1 heterocycles. The van der Waals surface area contributed by atoms with Gasteiger partial charge in [-0.3, -0.25) is 9.59 Å². The van der Waals surface area contributed by atoms with Gasteiger partial charge in [-0.05, 0) is 37.5 Å². The number of ether oxygens (including phenoxy) is 1. The number of carboxylic acids is 1. The summed E-state index contributed by atoms with van der Waals surface area (Å²) in [6, 6.07) is 4.18. The van der Waals surface area contributed by atoms with Crippen LogP contribution in [0.4, 0.5) is 0 Å². The number of aryl methyl sites for hydroxylation is 1. The Balaban J connectivity index is 2.37. The predicted octanol–water partition coefficient (Wildman–Crippen LogP) is 1.10. The minimum absolute atomic E-state index is 0.0793. The van der Waals surface area contributed by atoms with Crippen molar-refractivity contribution in [1.82, 2.24) is 4.90 Å². The number of benzene rings is 1. The minimum Gasteiger partial charge on any atom is -0.480 e. The van der Waals surface area contributed by atoms with E-state index in [2.05, 4.69) is 0 Å². The summed E-state index contributed by atoms with van der Waals surface area (Å²) in [5.41, 5.74) is 0.721. The number of carboxylic acid groups (broad SMARTS) is 1. The highest BCUT2D eigenvalue weighted by Crippen LogP contribution is 2.21. The van der Waals surface area contributed by atoms with Crippen LogP contribution in [0, 0.1) is 6.92 Å². The molecule has 2 rings (SSSR count). The van der Waals surface area contributed by atoms with Crippen LogP contribution in [0.15, 0.2) is 23.1 Å². The molecule has 8 heteroatoms. The van der Waals surface area contributed by atoms with Crippen LogP contribution >= 0.6 is 0 Å². The topological polar surface area (TPSA) is 101 Å². The molecule has 1 fully saturated rings. The van der Waals surface area contributed by atoms with Crippen LogP contribution in [0.3, 0.4) is 0 Å². The van der Waals surface area contributed by atoms with Crippen molar-refractivity contribution in [2.45, 2.75) is 30.7 Å². The normalized spacial score (nSPS) is 15.9. The number of carbonyl (C=O) groups excluding carboxylic acids is 1. The molecule has 1 aliphatic rings. The van der Waals surface area contributed by atoms with E-state index in [0.717, 1.165) is 6.26 Å². The number of carbonyl (C=O) groups is 2. The average Bonchev–Trinajstić information content (AvgIpc) is 2.52. The highest BCUT2D eigenvalue weighted by molar-refractivity contribution is 7.90. The van der Waals surface area contributed by atoms with Gasteiger partial charge in [0.05, 0.1) is 4.90 Å². The number of aliphatic carboxylic acids is 1. The van der Waals surface area contributed by atoms with E-state index in [9.17, 15) is 18.0 Å². The fourth-order valence-electron chi connectivity index (χ4n) is 2.81. The summed E-state index contributed by atoms with van der Waals surface area (Å²) >= 11 is 0. The summed E-state index contributed by atoms with van der Waals surface area (Å²) in [6.45, 7) is 2.16. The molecule has 132 valence electrons. The van der Waals surface area contributed by atoms with Crippen molar-refractivity contribution in [2.24, 2.45) is 0 Å². The third kappa shape index (κ3) is 4.33. The standard InChI is InChI=1S/C16H21NO6S/c1-11-3-4-12(9-14(11)24(2,21)22)16(20)17(10-15(18)19)13-5-7-23-8-6-13/h3-4,9,13H,5-8,10H2,1-2H3,(H,18,19). The number of hydrogen-bond donors (Lipinski definition) is 1. The zero-order valence-corrected chi connectivity index (χ0v) is 14.5. The van der Waals surface area contributed by atoms with Crippen LogP contribution in [-0.2, 0) is 19.4 Å². The van der Waals surface area contributed by atoms with E-state index in [1.54, 1.807) is 13.0 Å². The molecule has 1 aromatic rings. The van der Waals surface area contributed by atoms with Crippen molar-refractivity contribution < 1.29 is 27.9 Å². The third-order valence-electron chi connectivity index (χ3n) is 4.03. The van der Waals surface area contributed by atoms with E-state index < -0.39 is 28.3 Å². The molecule has 0 saturated carbocycles. The van der Waals surface area contributed by atoms with E-state index in [4.69, 9.17) is 9.84 Å². The molecule has 0 bridgehead atoms. The lowest BCUT2D eigenvalue weighted by Crippen LogP contribution is -2.46. The maximum atomic E-state index is 12.8. The summed E-state index contributed by atoms with van der Waals surface area (Å²) in [7, 11) is -3.47. The number of amides is 1. The quantitative estimate of drug-likeness (QED) is 0.849. The number of rotatable bonds is 5. The van der Waals surface area contributed by atoms with Crippen molar-refractivity contribution in [2.75, 3.05) is 26.0 Å². The van der Waals surface area contributed by atoms with Gasteiger partial charge < -0.3 is 14.7 Å². The van der Waals surface area contributed by atoms with Gasteiger partial charge in [0.2, 0.25) is 0 Å². The zero-order valence-electron chi connectivity index (χ0n) is 13.7. The molecule has 0 unspecified atom stereocenters. The molecular weight excluding hydrogens is 334 g/mol. The second-order valence-corrected chi connectivity index (χ2v) is 7.91. The number of hydrogen-bond acceptors (Lipinski definition) is 5. The fourth-order valence-corrected chi connectivity index (χ4v) is 3.80. The first kappa shape index (κ1) is 18.4. The smallest absolute Gasteiger partial charge is 0.323 e. The molecule has 24 heavy (non-hydrogen) atoms. The van der Waals surface area contributed by atoms with Crippen LogP contribution in [0.1, 0.15) is 28.8 Å². The van der Waals surface area contributed by atoms with Gasteiger partial charge in [0, 0.05) is 31.1 Å². The number of nitrogens with zero attached hydrogens (tertiary/aromatic N) is 1. The maximum absolute atomic E-state index is 12.8. The molecule has 0 radical (unpaired) electrons. The van der Waals surface area contributed by atoms with Gasteiger partial charge in [0.15, 0.2) is 9.84 Å². The highest BCUT2D eigenvalue weighted by atomic mass is 32.2. The van der Waals surface area contributed by atoms with Gasteiger partial charge in [-0.2, -0.15) is 0 Å². The van der Waals surface area contributed by atoms with Gasteiger partial charge in [-0.15, -0.1) is 0 Å². The molecule has 1 N–H and O–H groups in total. The van der Waals surface area contributed by atoms with Gasteiger partial charge in [0.25, 0.3) is 5.91 Å². The average molecular weight is 355 g/mol. The molecule has 7 nitrogen and oxygen atoms in total. The van der Waals surface area contributed by atoms with Crippen LogP contribution in [0.25, 0.3) is 0 Å². The Bertz CT molecular complexity index is 737. The van der Waals surface area contributed by atoms with E-state index in [1.165, 1.54) is 17.0 Å². The van der Waals surface area contributed by atoms with Crippen molar-refractivity contribution in [1.29, 1.82) is 0 Å². The Labute approximate surface area is 141 Å². The first-order chi connectivity index (χ1) is 11.2. The minimum atomic E-state index is -3.47. The second kappa shape index (κ2) is 7.31. The predicted molar refractivity (Wildman–Crippen MR) is 86.8 cm³/mol. The summed E-state index contributed by atoms with van der Waals surface area (Å²) in [6.07, 6.45) is 2.20. The lowest BCUT2D eigenvalue weighted by atomic mass is 10.0. The molecule has 0 spiro atoms. The lowest BCUT2D eigenvalue weighted by Gasteiger charge is -2.33. The van der Waals surface area contributed by atoms with E-state index in [1.807, 2.05) is 0 Å². The van der Waals surface area contributed by atoms with E-state index in [-0.39, 0.29) is 16.5 Å². The lowest BCUT2D eigenvalue weighted by molar-refractivity contribution is -0.138. The van der Waals surface area contributed by atoms with Gasteiger partial charge in [-0.25, -0.2) is 8.42 Å². The van der Waals surface area contributed by atoms with Crippen molar-refractivity contribution in [3.63, 3.8) is 0 Å². The summed E-state index contributed by atoms with van der Waals surface area (Å²) in [5, 5.41) is 9.12. The monoisotopic (exact) mass is 355 g/mol. The number of sulfone groups is 1. The van der Waals surface area contributed by atoms with Crippen LogP contribution in [0.2, 0.25) is 0 Å². The Morgan fingerprint density at radius 1 is 1.29 bits per heavy atom. The van der Waals surface area contributed by atoms with Crippen molar-refractivity contribution >= 4 is 21.7 Å². The molecular formula is C16H21NO6S. The largest absolute Gasteiger partial charge is 0.480 e. The Morgan fingerprint density at radius 3 is 2.46 bits per heavy atom. The molecule has 1 aromatic carbocycles. The van der Waals surface area contributed by atoms with Crippen molar-refractivity contribution in [3.8, 4) is 0 Å². The molecule has 0 atom stereocenters. The summed E-state index contributed by atoms with van der Waals surface area (Å²) in [5.74, 6) is -1.58. The van der Waals surface area contributed by atoms with E-state index >= 15 is 0 Å². The molecule has 0 aliphatic carbocycles. The van der Waals surface area contributed by atoms with Crippen LogP contribution in [-0.4, -0.2) is 62.4 Å². The first-order valence-corrected chi connectivity index (χ1v) is 9.50. The fraction of sp³-hybridized carbons (Fsp3) is 0.500. The van der Waals surface area contributed by atoms with E-state index in [0.29, 0.717) is 31.6 Å². The SMILES string of the molecule is Cc1ccc(C(=O)N(CC(=O)O)C2CCOCC2)cc1S(C)(=O)=O. The summed E-state index contributed by atoms with van der Waals surface area (Å²) < 4.78 is 28.9. The second-order valence-electron chi connectivity index (χ2n) is 5.92. The van der Waals surface area contributed by atoms with Crippen LogP contribution < -0.4 is 0 Å². The Hall–Kier alpha value is -1.93. The van der Waals surface area contributed by atoms with Gasteiger partial charge in [-0.1, -0.05) is 6.07 Å². The highest BCUT2D eigenvalue weighted by Gasteiger charge is 2.29. The first-order valence-electron chi connectivity index (χ1n) is 7.61. The van der Waals surface area contributed by atoms with Gasteiger partial charge >= 0.3 is 5.97 Å². The van der Waals surface area contributed by atoms with Crippen molar-refractivity contribution in [3.05, 3.63) is 29.3 Å². The third-order valence-corrected chi connectivity index (χ3v) is 5.27. The Kier molecular flexibility index (Phi) is 5.61.